The molecule has 20 heavy (non-hydrogen) atoms. The van der Waals surface area contributed by atoms with E-state index in [2.05, 4.69) is 31.1 Å². The first-order chi connectivity index (χ1) is 9.43. The van der Waals surface area contributed by atoms with Crippen molar-refractivity contribution >= 4 is 22.7 Å². The van der Waals surface area contributed by atoms with Crippen LogP contribution in [0, 0.1) is 0 Å². The Morgan fingerprint density at radius 2 is 2.05 bits per heavy atom. The molecule has 1 heterocycles. The maximum absolute atomic E-state index is 11.2. The summed E-state index contributed by atoms with van der Waals surface area (Å²) < 4.78 is 0. The van der Waals surface area contributed by atoms with E-state index in [4.69, 9.17) is 5.11 Å². The Morgan fingerprint density at radius 1 is 1.30 bits per heavy atom. The molecule has 4 heteroatoms. The monoisotopic (exact) mass is 272 g/mol. The molecule has 0 aliphatic rings. The molecule has 0 amide bonds. The molecule has 1 aromatic heterocycles. The maximum Gasteiger partial charge on any atom is 0.336 e. The van der Waals surface area contributed by atoms with Gasteiger partial charge in [0, 0.05) is 10.9 Å². The molecule has 2 aromatic rings. The minimum Gasteiger partial charge on any atom is -0.478 e. The van der Waals surface area contributed by atoms with Crippen LogP contribution in [0.25, 0.3) is 10.9 Å². The molecule has 0 radical (unpaired) electrons. The summed E-state index contributed by atoms with van der Waals surface area (Å²) in [6.45, 7) is 6.42. The average molecular weight is 272 g/mol. The van der Waals surface area contributed by atoms with Crippen molar-refractivity contribution in [1.29, 1.82) is 0 Å². The Bertz CT molecular complexity index is 635. The Balaban J connectivity index is 2.38. The molecule has 0 saturated heterocycles. The number of nitrogens with zero attached hydrogens (tertiary/aromatic N) is 1. The lowest BCUT2D eigenvalue weighted by Crippen LogP contribution is -2.30. The number of anilines is 1. The number of aromatic nitrogens is 1. The van der Waals surface area contributed by atoms with Gasteiger partial charge in [0.25, 0.3) is 0 Å². The van der Waals surface area contributed by atoms with Gasteiger partial charge >= 0.3 is 5.97 Å². The molecule has 2 rings (SSSR count). The number of carboxylic acid groups (broad SMARTS) is 1. The van der Waals surface area contributed by atoms with Crippen molar-refractivity contribution in [1.82, 2.24) is 4.98 Å². The Labute approximate surface area is 118 Å². The second-order valence-corrected chi connectivity index (χ2v) is 5.63. The molecular formula is C16H20N2O2. The summed E-state index contributed by atoms with van der Waals surface area (Å²) in [4.78, 5) is 15.7. The summed E-state index contributed by atoms with van der Waals surface area (Å²) in [7, 11) is 0. The Kier molecular flexibility index (Phi) is 3.93. The molecule has 0 spiro atoms. The minimum atomic E-state index is -0.926. The van der Waals surface area contributed by atoms with Gasteiger partial charge in [-0.1, -0.05) is 19.4 Å². The number of hydrogen-bond acceptors (Lipinski definition) is 3. The molecule has 106 valence electrons. The van der Waals surface area contributed by atoms with E-state index in [0.717, 1.165) is 18.7 Å². The van der Waals surface area contributed by atoms with E-state index in [-0.39, 0.29) is 11.1 Å². The lowest BCUT2D eigenvalue weighted by atomic mass is 9.99. The summed E-state index contributed by atoms with van der Waals surface area (Å²) >= 11 is 0. The molecule has 2 N–H and O–H groups in total. The van der Waals surface area contributed by atoms with E-state index in [0.29, 0.717) is 10.9 Å². The van der Waals surface area contributed by atoms with E-state index < -0.39 is 5.97 Å². The number of carboxylic acids is 1. The number of benzene rings is 1. The van der Waals surface area contributed by atoms with Gasteiger partial charge in [0.2, 0.25) is 0 Å². The van der Waals surface area contributed by atoms with Crippen molar-refractivity contribution in [3.05, 3.63) is 35.9 Å². The zero-order valence-corrected chi connectivity index (χ0v) is 12.1. The second-order valence-electron chi connectivity index (χ2n) is 5.63. The molecule has 4 nitrogen and oxygen atoms in total. The standard InChI is InChI=1S/C16H20N2O2/c1-4-10-16(2,3)18-14-9-8-11-12(15(19)20)6-5-7-13(11)17-14/h5-9H,4,10H2,1-3H3,(H,17,18)(H,19,20). The first kappa shape index (κ1) is 14.3. The van der Waals surface area contributed by atoms with Gasteiger partial charge < -0.3 is 10.4 Å². The summed E-state index contributed by atoms with van der Waals surface area (Å²) in [5.41, 5.74) is 0.955. The molecule has 0 bridgehead atoms. The van der Waals surface area contributed by atoms with E-state index in [9.17, 15) is 4.79 Å². The van der Waals surface area contributed by atoms with Crippen LogP contribution in [0.1, 0.15) is 44.0 Å². The normalized spacial score (nSPS) is 11.6. The third-order valence-electron chi connectivity index (χ3n) is 3.30. The van der Waals surface area contributed by atoms with Crippen LogP contribution in [0.2, 0.25) is 0 Å². The number of pyridine rings is 1. The van der Waals surface area contributed by atoms with Crippen LogP contribution in [0.4, 0.5) is 5.82 Å². The predicted octanol–water partition coefficient (Wildman–Crippen LogP) is 3.92. The van der Waals surface area contributed by atoms with Gasteiger partial charge in [-0.05, 0) is 44.5 Å². The van der Waals surface area contributed by atoms with Crippen LogP contribution in [0.15, 0.2) is 30.3 Å². The second kappa shape index (κ2) is 5.49. The fourth-order valence-corrected chi connectivity index (χ4v) is 2.45. The van der Waals surface area contributed by atoms with Crippen molar-refractivity contribution in [2.45, 2.75) is 39.2 Å². The third-order valence-corrected chi connectivity index (χ3v) is 3.30. The quantitative estimate of drug-likeness (QED) is 0.865. The first-order valence-corrected chi connectivity index (χ1v) is 6.84. The minimum absolute atomic E-state index is 0.0279. The van der Waals surface area contributed by atoms with Gasteiger partial charge in [-0.3, -0.25) is 0 Å². The van der Waals surface area contributed by atoms with Crippen molar-refractivity contribution in [3.63, 3.8) is 0 Å². The first-order valence-electron chi connectivity index (χ1n) is 6.84. The molecule has 1 aromatic carbocycles. The molecule has 0 fully saturated rings. The van der Waals surface area contributed by atoms with Gasteiger partial charge in [0.1, 0.15) is 5.82 Å². The third kappa shape index (κ3) is 3.07. The molecule has 0 unspecified atom stereocenters. The smallest absolute Gasteiger partial charge is 0.336 e. The van der Waals surface area contributed by atoms with Crippen LogP contribution in [0.5, 0.6) is 0 Å². The number of fused-ring (bicyclic) bond motifs is 1. The van der Waals surface area contributed by atoms with E-state index in [1.165, 1.54) is 0 Å². The van der Waals surface area contributed by atoms with E-state index in [1.54, 1.807) is 12.1 Å². The molecule has 0 saturated carbocycles. The van der Waals surface area contributed by atoms with Gasteiger partial charge in [-0.2, -0.15) is 0 Å². The Hall–Kier alpha value is -2.10. The highest BCUT2D eigenvalue weighted by Gasteiger charge is 2.17. The van der Waals surface area contributed by atoms with Crippen LogP contribution in [-0.2, 0) is 0 Å². The number of rotatable bonds is 5. The van der Waals surface area contributed by atoms with Gasteiger partial charge in [-0.25, -0.2) is 9.78 Å². The summed E-state index contributed by atoms with van der Waals surface area (Å²) in [5, 5.41) is 13.2. The van der Waals surface area contributed by atoms with Crippen LogP contribution < -0.4 is 5.32 Å². The van der Waals surface area contributed by atoms with Crippen LogP contribution in [-0.4, -0.2) is 21.6 Å². The fraction of sp³-hybridized carbons (Fsp3) is 0.375. The predicted molar refractivity (Wildman–Crippen MR) is 81.3 cm³/mol. The van der Waals surface area contributed by atoms with Gasteiger partial charge in [0.15, 0.2) is 0 Å². The highest BCUT2D eigenvalue weighted by molar-refractivity contribution is 6.02. The highest BCUT2D eigenvalue weighted by Crippen LogP contribution is 2.23. The van der Waals surface area contributed by atoms with E-state index in [1.807, 2.05) is 18.2 Å². The SMILES string of the molecule is CCCC(C)(C)Nc1ccc2c(C(=O)O)cccc2n1. The summed E-state index contributed by atoms with van der Waals surface area (Å²) in [6, 6.07) is 8.81. The molecular weight excluding hydrogens is 252 g/mol. The Morgan fingerprint density at radius 3 is 2.70 bits per heavy atom. The topological polar surface area (TPSA) is 62.2 Å². The zero-order chi connectivity index (χ0) is 14.8. The number of nitrogens with one attached hydrogen (secondary N) is 1. The van der Waals surface area contributed by atoms with Crippen LogP contribution >= 0.6 is 0 Å². The number of hydrogen-bond donors (Lipinski definition) is 2. The number of carbonyl (C=O) groups is 1. The van der Waals surface area contributed by atoms with Crippen molar-refractivity contribution in [3.8, 4) is 0 Å². The molecule has 0 aliphatic heterocycles. The largest absolute Gasteiger partial charge is 0.478 e. The summed E-state index contributed by atoms with van der Waals surface area (Å²) in [6.07, 6.45) is 2.14. The molecule has 0 aliphatic carbocycles. The highest BCUT2D eigenvalue weighted by atomic mass is 16.4. The summed E-state index contributed by atoms with van der Waals surface area (Å²) in [5.74, 6) is -0.150. The van der Waals surface area contributed by atoms with Gasteiger partial charge in [0.05, 0.1) is 11.1 Å². The number of aromatic carboxylic acids is 1. The van der Waals surface area contributed by atoms with Crippen LogP contribution in [0.3, 0.4) is 0 Å². The molecule has 0 atom stereocenters. The maximum atomic E-state index is 11.2. The van der Waals surface area contributed by atoms with Crippen molar-refractivity contribution in [2.24, 2.45) is 0 Å². The average Bonchev–Trinajstić information content (AvgIpc) is 2.36. The van der Waals surface area contributed by atoms with Crippen molar-refractivity contribution in [2.75, 3.05) is 5.32 Å². The lowest BCUT2D eigenvalue weighted by molar-refractivity contribution is 0.0699. The zero-order valence-electron chi connectivity index (χ0n) is 12.1. The van der Waals surface area contributed by atoms with Gasteiger partial charge in [-0.15, -0.1) is 0 Å². The lowest BCUT2D eigenvalue weighted by Gasteiger charge is -2.26. The van der Waals surface area contributed by atoms with E-state index >= 15 is 0 Å². The fourth-order valence-electron chi connectivity index (χ4n) is 2.45. The van der Waals surface area contributed by atoms with Crippen molar-refractivity contribution < 1.29 is 9.90 Å².